The van der Waals surface area contributed by atoms with E-state index < -0.39 is 42.0 Å². The van der Waals surface area contributed by atoms with Crippen molar-refractivity contribution in [2.24, 2.45) is 5.73 Å². The van der Waals surface area contributed by atoms with Crippen molar-refractivity contribution >= 4 is 11.9 Å². The van der Waals surface area contributed by atoms with Crippen molar-refractivity contribution < 1.29 is 37.0 Å². The number of hydrogen-bond donors (Lipinski definition) is 2. The van der Waals surface area contributed by atoms with Crippen LogP contribution in [0.3, 0.4) is 0 Å². The van der Waals surface area contributed by atoms with Crippen molar-refractivity contribution in [2.75, 3.05) is 0 Å². The van der Waals surface area contributed by atoms with Crippen LogP contribution >= 0.6 is 0 Å². The van der Waals surface area contributed by atoms with Gasteiger partial charge in [-0.05, 0) is 19.1 Å². The van der Waals surface area contributed by atoms with Crippen LogP contribution in [-0.2, 0) is 14.3 Å². The highest BCUT2D eigenvalue weighted by Gasteiger charge is 2.51. The summed E-state index contributed by atoms with van der Waals surface area (Å²) in [7, 11) is 0. The van der Waals surface area contributed by atoms with Crippen molar-refractivity contribution in [3.8, 4) is 0 Å². The number of benzene rings is 1. The van der Waals surface area contributed by atoms with Gasteiger partial charge in [0.05, 0.1) is 6.42 Å². The Morgan fingerprint density at radius 1 is 1.27 bits per heavy atom. The van der Waals surface area contributed by atoms with Gasteiger partial charge in [-0.1, -0.05) is 12.1 Å². The van der Waals surface area contributed by atoms with Crippen molar-refractivity contribution in [2.45, 2.75) is 31.2 Å². The molecular formula is C13H13F4NO4. The summed E-state index contributed by atoms with van der Waals surface area (Å²) in [5.74, 6) is -3.25. The molecular weight excluding hydrogens is 310 g/mol. The van der Waals surface area contributed by atoms with Crippen molar-refractivity contribution in [1.82, 2.24) is 0 Å². The molecule has 1 rings (SSSR count). The fraction of sp³-hybridized carbons (Fsp3) is 0.385. The van der Waals surface area contributed by atoms with Gasteiger partial charge in [0, 0.05) is 5.56 Å². The molecule has 0 saturated carbocycles. The zero-order valence-corrected chi connectivity index (χ0v) is 11.4. The molecule has 3 N–H and O–H groups in total. The van der Waals surface area contributed by atoms with Gasteiger partial charge in [-0.3, -0.25) is 9.59 Å². The van der Waals surface area contributed by atoms with Crippen LogP contribution in [0, 0.1) is 5.82 Å². The van der Waals surface area contributed by atoms with Gasteiger partial charge in [0.25, 0.3) is 5.91 Å². The van der Waals surface area contributed by atoms with E-state index in [0.717, 1.165) is 24.3 Å². The van der Waals surface area contributed by atoms with E-state index in [1.165, 1.54) is 0 Å². The summed E-state index contributed by atoms with van der Waals surface area (Å²) in [6.45, 7) is 0.394. The number of carbonyl (C=O) groups is 2. The first-order valence-corrected chi connectivity index (χ1v) is 5.97. The maximum atomic E-state index is 12.8. The summed E-state index contributed by atoms with van der Waals surface area (Å²) in [6.07, 6.45) is -8.15. The summed E-state index contributed by atoms with van der Waals surface area (Å²) in [5.41, 5.74) is 1.69. The lowest BCUT2D eigenvalue weighted by atomic mass is 10.0. The Labute approximate surface area is 122 Å². The van der Waals surface area contributed by atoms with Gasteiger partial charge in [0.1, 0.15) is 5.82 Å². The van der Waals surface area contributed by atoms with E-state index in [1.54, 1.807) is 0 Å². The van der Waals surface area contributed by atoms with Gasteiger partial charge in [0.15, 0.2) is 5.60 Å². The number of alkyl halides is 3. The van der Waals surface area contributed by atoms with Crippen LogP contribution in [0.2, 0.25) is 0 Å². The van der Waals surface area contributed by atoms with Crippen LogP contribution in [0.25, 0.3) is 0 Å². The average Bonchev–Trinajstić information content (AvgIpc) is 2.35. The third-order valence-corrected chi connectivity index (χ3v) is 2.78. The first-order chi connectivity index (χ1) is 9.94. The maximum Gasteiger partial charge on any atom is 0.417 e. The molecule has 1 aromatic carbocycles. The average molecular weight is 323 g/mol. The molecule has 22 heavy (non-hydrogen) atoms. The quantitative estimate of drug-likeness (QED) is 0.636. The van der Waals surface area contributed by atoms with Crippen LogP contribution in [0.5, 0.6) is 0 Å². The highest BCUT2D eigenvalue weighted by atomic mass is 19.4. The molecule has 2 atom stereocenters. The normalized spacial score (nSPS) is 15.7. The zero-order valence-electron chi connectivity index (χ0n) is 11.4. The fourth-order valence-electron chi connectivity index (χ4n) is 1.48. The molecule has 0 aromatic heterocycles. The number of esters is 1. The fourth-order valence-corrected chi connectivity index (χ4v) is 1.48. The number of primary amides is 1. The number of rotatable bonds is 5. The molecule has 1 amide bonds. The van der Waals surface area contributed by atoms with Gasteiger partial charge in [-0.2, -0.15) is 13.2 Å². The number of aliphatic hydroxyl groups is 1. The third-order valence-electron chi connectivity index (χ3n) is 2.78. The number of halogens is 4. The molecule has 0 aliphatic heterocycles. The van der Waals surface area contributed by atoms with E-state index in [0.29, 0.717) is 6.92 Å². The van der Waals surface area contributed by atoms with Gasteiger partial charge in [-0.25, -0.2) is 4.39 Å². The highest BCUT2D eigenvalue weighted by molar-refractivity contribution is 5.83. The molecule has 0 saturated heterocycles. The molecule has 0 unspecified atom stereocenters. The van der Waals surface area contributed by atoms with Gasteiger partial charge < -0.3 is 15.6 Å². The largest absolute Gasteiger partial charge is 0.447 e. The van der Waals surface area contributed by atoms with Gasteiger partial charge in [-0.15, -0.1) is 0 Å². The van der Waals surface area contributed by atoms with Crippen molar-refractivity contribution in [3.05, 3.63) is 35.6 Å². The lowest BCUT2D eigenvalue weighted by molar-refractivity contribution is -0.256. The summed E-state index contributed by atoms with van der Waals surface area (Å²) >= 11 is 0. The van der Waals surface area contributed by atoms with E-state index in [1.807, 2.05) is 0 Å². The maximum absolute atomic E-state index is 12.8. The van der Waals surface area contributed by atoms with Crippen LogP contribution in [0.4, 0.5) is 17.6 Å². The molecule has 0 spiro atoms. The topological polar surface area (TPSA) is 89.6 Å². The van der Waals surface area contributed by atoms with Crippen LogP contribution in [0.1, 0.15) is 25.0 Å². The first-order valence-electron chi connectivity index (χ1n) is 5.97. The molecule has 9 heteroatoms. The number of amides is 1. The Balaban J connectivity index is 2.86. The lowest BCUT2D eigenvalue weighted by Crippen LogP contribution is -2.44. The first kappa shape index (κ1) is 17.9. The molecule has 0 aliphatic rings. The minimum atomic E-state index is -5.05. The minimum Gasteiger partial charge on any atom is -0.447 e. The summed E-state index contributed by atoms with van der Waals surface area (Å²) < 4.78 is 54.8. The Hall–Kier alpha value is -2.16. The molecule has 5 nitrogen and oxygen atoms in total. The van der Waals surface area contributed by atoms with E-state index >= 15 is 0 Å². The second-order valence-electron chi connectivity index (χ2n) is 4.77. The Morgan fingerprint density at radius 3 is 2.18 bits per heavy atom. The van der Waals surface area contributed by atoms with Gasteiger partial charge in [0.2, 0.25) is 6.10 Å². The van der Waals surface area contributed by atoms with Crippen LogP contribution < -0.4 is 5.73 Å². The molecule has 0 aliphatic carbocycles. The van der Waals surface area contributed by atoms with Crippen molar-refractivity contribution in [3.63, 3.8) is 0 Å². The summed E-state index contributed by atoms with van der Waals surface area (Å²) in [5, 5.41) is 9.19. The zero-order chi connectivity index (χ0) is 17.1. The van der Waals surface area contributed by atoms with E-state index in [9.17, 15) is 32.3 Å². The molecule has 122 valence electrons. The van der Waals surface area contributed by atoms with Gasteiger partial charge >= 0.3 is 12.1 Å². The molecule has 0 bridgehead atoms. The van der Waals surface area contributed by atoms with E-state index in [-0.39, 0.29) is 5.56 Å². The standard InChI is InChI=1S/C13H13F4NO4/c1-12(21,13(15,16)17)6-9(19)22-10(11(18)20)7-2-4-8(14)5-3-7/h2-5,10,21H,6H2,1H3,(H2,18,20)/t10-,12-/m1/s1. The highest BCUT2D eigenvalue weighted by Crippen LogP contribution is 2.33. The predicted molar refractivity (Wildman–Crippen MR) is 65.7 cm³/mol. The second kappa shape index (κ2) is 6.30. The smallest absolute Gasteiger partial charge is 0.417 e. The summed E-state index contributed by atoms with van der Waals surface area (Å²) in [4.78, 5) is 22.7. The Morgan fingerprint density at radius 2 is 1.77 bits per heavy atom. The third kappa shape index (κ3) is 4.42. The second-order valence-corrected chi connectivity index (χ2v) is 4.77. The van der Waals surface area contributed by atoms with Crippen LogP contribution in [0.15, 0.2) is 24.3 Å². The van der Waals surface area contributed by atoms with Crippen LogP contribution in [-0.4, -0.2) is 28.8 Å². The number of nitrogens with two attached hydrogens (primary N) is 1. The van der Waals surface area contributed by atoms with E-state index in [2.05, 4.69) is 4.74 Å². The number of hydrogen-bond acceptors (Lipinski definition) is 4. The molecule has 0 heterocycles. The number of carbonyl (C=O) groups excluding carboxylic acids is 2. The monoisotopic (exact) mass is 323 g/mol. The lowest BCUT2D eigenvalue weighted by Gasteiger charge is -2.26. The molecule has 1 aromatic rings. The Bertz CT molecular complexity index is 554. The Kier molecular flexibility index (Phi) is 5.13. The molecule has 0 fully saturated rings. The van der Waals surface area contributed by atoms with Crippen molar-refractivity contribution in [1.29, 1.82) is 0 Å². The minimum absolute atomic E-state index is 0.00565. The summed E-state index contributed by atoms with van der Waals surface area (Å²) in [6, 6.07) is 4.12. The predicted octanol–water partition coefficient (Wildman–Crippen LogP) is 1.60. The SMILES string of the molecule is C[C@@](O)(CC(=O)O[C@@H](C(N)=O)c1ccc(F)cc1)C(F)(F)F. The molecule has 0 radical (unpaired) electrons. The number of ether oxygens (including phenoxy) is 1. The van der Waals surface area contributed by atoms with E-state index in [4.69, 9.17) is 5.73 Å².